The van der Waals surface area contributed by atoms with E-state index < -0.39 is 48.9 Å². The number of alkyl halides is 6. The van der Waals surface area contributed by atoms with E-state index in [1.54, 1.807) is 12.1 Å². The summed E-state index contributed by atoms with van der Waals surface area (Å²) in [5.41, 5.74) is -0.172. The summed E-state index contributed by atoms with van der Waals surface area (Å²) in [6, 6.07) is 12.9. The van der Waals surface area contributed by atoms with Gasteiger partial charge in [0.15, 0.2) is 11.0 Å². The number of ether oxygens (including phenoxy) is 1. The van der Waals surface area contributed by atoms with E-state index in [-0.39, 0.29) is 39.2 Å². The predicted octanol–water partition coefficient (Wildman–Crippen LogP) is 6.84. The van der Waals surface area contributed by atoms with Crippen LogP contribution in [0.4, 0.5) is 46.9 Å². The second-order valence-electron chi connectivity index (χ2n) is 9.33. The Hall–Kier alpha value is -4.77. The first kappa shape index (κ1) is 31.6. The Bertz CT molecular complexity index is 1760. The zero-order chi connectivity index (χ0) is 32.4. The van der Waals surface area contributed by atoms with Gasteiger partial charge in [0.1, 0.15) is 18.8 Å². The maximum Gasteiger partial charge on any atom is 0.416 e. The van der Waals surface area contributed by atoms with Gasteiger partial charge < -0.3 is 10.1 Å². The number of rotatable bonds is 7. The fourth-order valence-electron chi connectivity index (χ4n) is 4.12. The van der Waals surface area contributed by atoms with Crippen LogP contribution in [0.5, 0.6) is 0 Å². The van der Waals surface area contributed by atoms with Gasteiger partial charge in [-0.2, -0.15) is 31.3 Å². The smallest absolute Gasteiger partial charge is 0.367 e. The van der Waals surface area contributed by atoms with E-state index >= 15 is 0 Å². The number of urea groups is 1. The van der Waals surface area contributed by atoms with E-state index in [1.165, 1.54) is 47.4 Å². The number of hydrogen-bond donors (Lipinski definition) is 1. The minimum Gasteiger partial charge on any atom is -0.367 e. The molecule has 0 unspecified atom stereocenters. The summed E-state index contributed by atoms with van der Waals surface area (Å²) in [7, 11) is 0. The molecule has 2 heterocycles. The van der Waals surface area contributed by atoms with Gasteiger partial charge in [-0.3, -0.25) is 9.69 Å². The highest BCUT2D eigenvalue weighted by atomic mass is 32.2. The van der Waals surface area contributed by atoms with Gasteiger partial charge in [-0.15, -0.1) is 5.10 Å². The van der Waals surface area contributed by atoms with E-state index in [0.717, 1.165) is 34.9 Å². The van der Waals surface area contributed by atoms with Crippen molar-refractivity contribution in [2.45, 2.75) is 19.0 Å². The number of carbonyl (C=O) groups excluding carboxylic acids is 2. The molecule has 1 saturated heterocycles. The molecule has 234 valence electrons. The Balaban J connectivity index is 1.29. The summed E-state index contributed by atoms with van der Waals surface area (Å²) >= 11 is 0.912. The highest BCUT2D eigenvalue weighted by Gasteiger charge is 2.33. The lowest BCUT2D eigenvalue weighted by Gasteiger charge is -2.20. The maximum atomic E-state index is 15.0. The number of halogens is 7. The minimum atomic E-state index is -4.54. The first-order valence-electron chi connectivity index (χ1n) is 12.8. The Morgan fingerprint density at radius 1 is 1.02 bits per heavy atom. The van der Waals surface area contributed by atoms with Crippen molar-refractivity contribution in [3.05, 3.63) is 90.0 Å². The normalized spacial score (nSPS) is 14.8. The molecule has 1 aliphatic heterocycles. The average molecular weight is 653 g/mol. The number of amidine groups is 1. The first-order valence-corrected chi connectivity index (χ1v) is 13.7. The van der Waals surface area contributed by atoms with Crippen molar-refractivity contribution >= 4 is 40.2 Å². The summed E-state index contributed by atoms with van der Waals surface area (Å²) in [4.78, 5) is 34.4. The molecule has 0 saturated carbocycles. The lowest BCUT2D eigenvalue weighted by Crippen LogP contribution is -2.31. The number of para-hydroxylation sites is 1. The third-order valence-corrected chi connectivity index (χ3v) is 7.06. The molecule has 0 bridgehead atoms. The molecule has 9 nitrogen and oxygen atoms in total. The van der Waals surface area contributed by atoms with E-state index in [4.69, 9.17) is 4.74 Å². The van der Waals surface area contributed by atoms with Crippen LogP contribution in [0.2, 0.25) is 0 Å². The van der Waals surface area contributed by atoms with E-state index in [2.05, 4.69) is 20.4 Å². The van der Waals surface area contributed by atoms with Gasteiger partial charge >= 0.3 is 18.4 Å². The molecule has 1 N–H and O–H groups in total. The molecule has 5 rings (SSSR count). The number of carbonyl (C=O) groups is 2. The zero-order valence-electron chi connectivity index (χ0n) is 22.6. The van der Waals surface area contributed by atoms with Gasteiger partial charge in [-0.05, 0) is 48.5 Å². The molecule has 1 fully saturated rings. The molecule has 4 aromatic rings. The number of anilines is 2. The van der Waals surface area contributed by atoms with Crippen molar-refractivity contribution in [2.24, 2.45) is 4.99 Å². The van der Waals surface area contributed by atoms with Crippen molar-refractivity contribution in [3.63, 3.8) is 0 Å². The third kappa shape index (κ3) is 7.66. The van der Waals surface area contributed by atoms with Gasteiger partial charge in [0.25, 0.3) is 0 Å². The molecule has 0 aliphatic carbocycles. The van der Waals surface area contributed by atoms with Crippen molar-refractivity contribution in [1.29, 1.82) is 0 Å². The van der Waals surface area contributed by atoms with Crippen molar-refractivity contribution in [3.8, 4) is 17.1 Å². The van der Waals surface area contributed by atoms with Crippen LogP contribution in [0.25, 0.3) is 17.1 Å². The van der Waals surface area contributed by atoms with Crippen LogP contribution in [-0.2, 0) is 22.3 Å². The average Bonchev–Trinajstić information content (AvgIpc) is 3.61. The molecule has 3 aromatic carbocycles. The number of aliphatic imine (C=N–C) groups is 1. The summed E-state index contributed by atoms with van der Waals surface area (Å²) < 4.78 is 97.0. The summed E-state index contributed by atoms with van der Waals surface area (Å²) in [5, 5.41) is 6.37. The molecule has 3 amide bonds. The molecule has 1 aliphatic rings. The standard InChI is InChI=1S/C28H19F7N6O3S/c29-20-11-16(24-36-15-40(39-24)19-8-6-18(7-9-19)28(33,34)35)5-10-21(20)37-25(43)38-26-41(23(42)13-45-26)22-4-2-1-3-17(22)12-44-14-27(30,31)32/h1-11,15H,12-14H2,(H,37,43). The van der Waals surface area contributed by atoms with Crippen molar-refractivity contribution < 1.29 is 45.1 Å². The SMILES string of the molecule is O=C(N=C1SCC(=O)N1c1ccccc1COCC(F)(F)F)Nc1ccc(-c2ncn(-c3ccc(C(F)(F)F)cc3)n2)cc1F. The summed E-state index contributed by atoms with van der Waals surface area (Å²) in [6.45, 7) is -1.95. The Morgan fingerprint density at radius 3 is 2.44 bits per heavy atom. The Kier molecular flexibility index (Phi) is 8.92. The third-order valence-electron chi connectivity index (χ3n) is 6.14. The second kappa shape index (κ2) is 12.7. The molecule has 0 spiro atoms. The zero-order valence-corrected chi connectivity index (χ0v) is 23.4. The van der Waals surface area contributed by atoms with Gasteiger partial charge in [0.05, 0.1) is 35.0 Å². The van der Waals surface area contributed by atoms with Crippen LogP contribution in [0, 0.1) is 5.82 Å². The van der Waals surface area contributed by atoms with E-state index in [0.29, 0.717) is 5.69 Å². The van der Waals surface area contributed by atoms with Crippen molar-refractivity contribution in [2.75, 3.05) is 22.6 Å². The lowest BCUT2D eigenvalue weighted by atomic mass is 10.1. The number of nitrogens with zero attached hydrogens (tertiary/aromatic N) is 5. The fraction of sp³-hybridized carbons (Fsp3) is 0.179. The van der Waals surface area contributed by atoms with E-state index in [1.807, 2.05) is 0 Å². The molecule has 0 radical (unpaired) electrons. The predicted molar refractivity (Wildman–Crippen MR) is 150 cm³/mol. The molecule has 45 heavy (non-hydrogen) atoms. The molecule has 17 heteroatoms. The first-order chi connectivity index (χ1) is 21.3. The molecular formula is C28H19F7N6O3S. The largest absolute Gasteiger partial charge is 0.416 e. The lowest BCUT2D eigenvalue weighted by molar-refractivity contribution is -0.176. The number of nitrogens with one attached hydrogen (secondary N) is 1. The number of aromatic nitrogens is 3. The monoisotopic (exact) mass is 652 g/mol. The van der Waals surface area contributed by atoms with Crippen LogP contribution >= 0.6 is 11.8 Å². The maximum absolute atomic E-state index is 15.0. The molecule has 0 atom stereocenters. The number of thioether (sulfide) groups is 1. The van der Waals surface area contributed by atoms with Gasteiger partial charge in [-0.1, -0.05) is 30.0 Å². The van der Waals surface area contributed by atoms with Crippen LogP contribution < -0.4 is 10.2 Å². The van der Waals surface area contributed by atoms with Crippen molar-refractivity contribution in [1.82, 2.24) is 14.8 Å². The van der Waals surface area contributed by atoms with Crippen LogP contribution in [0.1, 0.15) is 11.1 Å². The number of amides is 3. The Labute approximate surface area is 253 Å². The van der Waals surface area contributed by atoms with E-state index in [9.17, 15) is 40.3 Å². The fourth-order valence-corrected chi connectivity index (χ4v) is 4.98. The van der Waals surface area contributed by atoms with Crippen LogP contribution in [-0.4, -0.2) is 50.4 Å². The summed E-state index contributed by atoms with van der Waals surface area (Å²) in [6.07, 6.45) is -7.79. The number of benzene rings is 3. The Morgan fingerprint density at radius 2 is 1.76 bits per heavy atom. The van der Waals surface area contributed by atoms with Gasteiger partial charge in [0, 0.05) is 11.1 Å². The highest BCUT2D eigenvalue weighted by Crippen LogP contribution is 2.32. The van der Waals surface area contributed by atoms with Crippen LogP contribution in [0.3, 0.4) is 0 Å². The molecular weight excluding hydrogens is 633 g/mol. The summed E-state index contributed by atoms with van der Waals surface area (Å²) in [5.74, 6) is -1.40. The van der Waals surface area contributed by atoms with Gasteiger partial charge in [-0.25, -0.2) is 18.9 Å². The number of hydrogen-bond acceptors (Lipinski definition) is 6. The van der Waals surface area contributed by atoms with Crippen LogP contribution in [0.15, 0.2) is 78.0 Å². The highest BCUT2D eigenvalue weighted by molar-refractivity contribution is 8.15. The minimum absolute atomic E-state index is 0.0568. The van der Waals surface area contributed by atoms with Gasteiger partial charge in [0.2, 0.25) is 5.91 Å². The molecule has 1 aromatic heterocycles. The second-order valence-corrected chi connectivity index (χ2v) is 10.3. The quantitative estimate of drug-likeness (QED) is 0.220. The topological polar surface area (TPSA) is 102 Å².